The SMILES string of the molecule is Brc1nccn1CCC1CCCNC1. The minimum absolute atomic E-state index is 0.845. The van der Waals surface area contributed by atoms with Crippen LogP contribution in [0.5, 0.6) is 0 Å². The highest BCUT2D eigenvalue weighted by Gasteiger charge is 2.12. The second-order valence-corrected chi connectivity index (χ2v) is 4.60. The third-order valence-corrected chi connectivity index (χ3v) is 3.50. The Morgan fingerprint density at radius 3 is 3.21 bits per heavy atom. The molecule has 0 spiro atoms. The highest BCUT2D eigenvalue weighted by atomic mass is 79.9. The Bertz CT molecular complexity index is 279. The number of nitrogens with one attached hydrogen (secondary N) is 1. The number of imidazole rings is 1. The second-order valence-electron chi connectivity index (χ2n) is 3.89. The summed E-state index contributed by atoms with van der Waals surface area (Å²) in [7, 11) is 0. The fraction of sp³-hybridized carbons (Fsp3) is 0.700. The molecule has 2 heterocycles. The summed E-state index contributed by atoms with van der Waals surface area (Å²) in [6.07, 6.45) is 7.82. The van der Waals surface area contributed by atoms with Gasteiger partial charge in [0.2, 0.25) is 0 Å². The van der Waals surface area contributed by atoms with E-state index in [1.807, 2.05) is 12.4 Å². The number of nitrogens with zero attached hydrogens (tertiary/aromatic N) is 2. The third-order valence-electron chi connectivity index (χ3n) is 2.84. The van der Waals surface area contributed by atoms with E-state index in [1.165, 1.54) is 32.4 Å². The van der Waals surface area contributed by atoms with Gasteiger partial charge >= 0.3 is 0 Å². The summed E-state index contributed by atoms with van der Waals surface area (Å²) in [5.74, 6) is 0.845. The van der Waals surface area contributed by atoms with Crippen LogP contribution in [0, 0.1) is 5.92 Å². The second kappa shape index (κ2) is 4.94. The zero-order valence-corrected chi connectivity index (χ0v) is 9.83. The lowest BCUT2D eigenvalue weighted by Crippen LogP contribution is -2.30. The molecule has 0 aliphatic carbocycles. The first-order valence-electron chi connectivity index (χ1n) is 5.23. The van der Waals surface area contributed by atoms with E-state index in [1.54, 1.807) is 0 Å². The summed E-state index contributed by atoms with van der Waals surface area (Å²) in [5.41, 5.74) is 0. The van der Waals surface area contributed by atoms with Crippen molar-refractivity contribution in [2.24, 2.45) is 5.92 Å². The lowest BCUT2D eigenvalue weighted by Gasteiger charge is -2.22. The van der Waals surface area contributed by atoms with Crippen molar-refractivity contribution in [1.29, 1.82) is 0 Å². The molecule has 4 heteroatoms. The molecule has 14 heavy (non-hydrogen) atoms. The summed E-state index contributed by atoms with van der Waals surface area (Å²) in [6, 6.07) is 0. The molecule has 0 saturated carbocycles. The molecule has 1 aromatic rings. The molecule has 1 aliphatic heterocycles. The maximum absolute atomic E-state index is 4.14. The normalized spacial score (nSPS) is 22.5. The van der Waals surface area contributed by atoms with Crippen molar-refractivity contribution in [1.82, 2.24) is 14.9 Å². The maximum atomic E-state index is 4.14. The molecule has 1 aliphatic rings. The van der Waals surface area contributed by atoms with Gasteiger partial charge in [-0.05, 0) is 54.2 Å². The van der Waals surface area contributed by atoms with E-state index in [9.17, 15) is 0 Å². The van der Waals surface area contributed by atoms with Gasteiger partial charge in [-0.2, -0.15) is 0 Å². The monoisotopic (exact) mass is 257 g/mol. The minimum atomic E-state index is 0.845. The Balaban J connectivity index is 1.79. The van der Waals surface area contributed by atoms with Crippen LogP contribution >= 0.6 is 15.9 Å². The Morgan fingerprint density at radius 1 is 1.64 bits per heavy atom. The first kappa shape index (κ1) is 10.2. The molecule has 1 atom stereocenters. The van der Waals surface area contributed by atoms with E-state index >= 15 is 0 Å². The fourth-order valence-corrected chi connectivity index (χ4v) is 2.38. The van der Waals surface area contributed by atoms with Crippen molar-refractivity contribution < 1.29 is 0 Å². The molecule has 1 fully saturated rings. The van der Waals surface area contributed by atoms with Gasteiger partial charge in [0.05, 0.1) is 0 Å². The molecule has 2 rings (SSSR count). The molecular weight excluding hydrogens is 242 g/mol. The van der Waals surface area contributed by atoms with Gasteiger partial charge in [-0.1, -0.05) is 0 Å². The predicted octanol–water partition coefficient (Wildman–Crippen LogP) is 2.04. The van der Waals surface area contributed by atoms with Crippen LogP contribution in [0.1, 0.15) is 19.3 Å². The number of aryl methyl sites for hydroxylation is 1. The number of halogens is 1. The van der Waals surface area contributed by atoms with Gasteiger partial charge in [0, 0.05) is 18.9 Å². The fourth-order valence-electron chi connectivity index (χ4n) is 1.97. The Kier molecular flexibility index (Phi) is 3.59. The molecule has 0 radical (unpaired) electrons. The summed E-state index contributed by atoms with van der Waals surface area (Å²) in [4.78, 5) is 4.14. The van der Waals surface area contributed by atoms with Crippen LogP contribution in [0.4, 0.5) is 0 Å². The average Bonchev–Trinajstić information content (AvgIpc) is 2.63. The van der Waals surface area contributed by atoms with Crippen LogP contribution in [-0.2, 0) is 6.54 Å². The highest BCUT2D eigenvalue weighted by Crippen LogP contribution is 2.16. The Labute approximate surface area is 93.0 Å². The van der Waals surface area contributed by atoms with Gasteiger partial charge in [-0.3, -0.25) is 0 Å². The van der Waals surface area contributed by atoms with E-state index in [0.717, 1.165) is 17.2 Å². The van der Waals surface area contributed by atoms with Crippen molar-refractivity contribution in [2.45, 2.75) is 25.8 Å². The quantitative estimate of drug-likeness (QED) is 0.899. The molecule has 0 bridgehead atoms. The largest absolute Gasteiger partial charge is 0.326 e. The molecule has 78 valence electrons. The number of hydrogen-bond acceptors (Lipinski definition) is 2. The van der Waals surface area contributed by atoms with Crippen LogP contribution in [0.15, 0.2) is 17.1 Å². The molecule has 1 saturated heterocycles. The molecule has 3 nitrogen and oxygen atoms in total. The summed E-state index contributed by atoms with van der Waals surface area (Å²) < 4.78 is 3.11. The molecular formula is C10H16BrN3. The van der Waals surface area contributed by atoms with Crippen LogP contribution in [0.2, 0.25) is 0 Å². The topological polar surface area (TPSA) is 29.9 Å². The van der Waals surface area contributed by atoms with Crippen molar-refractivity contribution in [2.75, 3.05) is 13.1 Å². The van der Waals surface area contributed by atoms with Gasteiger partial charge in [-0.25, -0.2) is 4.98 Å². The van der Waals surface area contributed by atoms with E-state index in [4.69, 9.17) is 0 Å². The van der Waals surface area contributed by atoms with E-state index < -0.39 is 0 Å². The summed E-state index contributed by atoms with van der Waals surface area (Å²) in [5, 5.41) is 3.44. The lowest BCUT2D eigenvalue weighted by molar-refractivity contribution is 0.341. The van der Waals surface area contributed by atoms with Crippen LogP contribution in [0.25, 0.3) is 0 Å². The third kappa shape index (κ3) is 2.58. The van der Waals surface area contributed by atoms with E-state index in [2.05, 4.69) is 30.8 Å². The number of aromatic nitrogens is 2. The van der Waals surface area contributed by atoms with Gasteiger partial charge in [0.25, 0.3) is 0 Å². The number of piperidine rings is 1. The molecule has 1 N–H and O–H groups in total. The van der Waals surface area contributed by atoms with Gasteiger partial charge in [0.15, 0.2) is 4.73 Å². The predicted molar refractivity (Wildman–Crippen MR) is 60.1 cm³/mol. The molecule has 1 aromatic heterocycles. The van der Waals surface area contributed by atoms with Crippen molar-refractivity contribution in [3.05, 3.63) is 17.1 Å². The summed E-state index contributed by atoms with van der Waals surface area (Å²) >= 11 is 3.43. The number of rotatable bonds is 3. The first-order chi connectivity index (χ1) is 6.86. The highest BCUT2D eigenvalue weighted by molar-refractivity contribution is 9.10. The van der Waals surface area contributed by atoms with Crippen LogP contribution in [-0.4, -0.2) is 22.6 Å². The first-order valence-corrected chi connectivity index (χ1v) is 6.03. The van der Waals surface area contributed by atoms with E-state index in [-0.39, 0.29) is 0 Å². The summed E-state index contributed by atoms with van der Waals surface area (Å²) in [6.45, 7) is 3.46. The van der Waals surface area contributed by atoms with Gasteiger partial charge < -0.3 is 9.88 Å². The van der Waals surface area contributed by atoms with Crippen molar-refractivity contribution in [3.8, 4) is 0 Å². The lowest BCUT2D eigenvalue weighted by atomic mass is 9.96. The standard InChI is InChI=1S/C10H16BrN3/c11-10-13-5-7-14(10)6-3-9-2-1-4-12-8-9/h5,7,9,12H,1-4,6,8H2. The smallest absolute Gasteiger partial charge is 0.177 e. The van der Waals surface area contributed by atoms with Gasteiger partial charge in [-0.15, -0.1) is 0 Å². The molecule has 1 unspecified atom stereocenters. The van der Waals surface area contributed by atoms with Crippen LogP contribution < -0.4 is 5.32 Å². The van der Waals surface area contributed by atoms with E-state index in [0.29, 0.717) is 0 Å². The zero-order valence-electron chi connectivity index (χ0n) is 8.25. The average molecular weight is 258 g/mol. The molecule has 0 amide bonds. The minimum Gasteiger partial charge on any atom is -0.326 e. The van der Waals surface area contributed by atoms with Crippen molar-refractivity contribution >= 4 is 15.9 Å². The zero-order chi connectivity index (χ0) is 9.80. The Morgan fingerprint density at radius 2 is 2.57 bits per heavy atom. The maximum Gasteiger partial charge on any atom is 0.177 e. The van der Waals surface area contributed by atoms with Crippen molar-refractivity contribution in [3.63, 3.8) is 0 Å². The Hall–Kier alpha value is -0.350. The molecule has 0 aromatic carbocycles. The van der Waals surface area contributed by atoms with Gasteiger partial charge in [0.1, 0.15) is 0 Å². The van der Waals surface area contributed by atoms with Crippen LogP contribution in [0.3, 0.4) is 0 Å². The number of hydrogen-bond donors (Lipinski definition) is 1.